The summed E-state index contributed by atoms with van der Waals surface area (Å²) in [5.41, 5.74) is 6.34. The van der Waals surface area contributed by atoms with Crippen LogP contribution in [0.5, 0.6) is 0 Å². The zero-order valence-electron chi connectivity index (χ0n) is 11.0. The van der Waals surface area contributed by atoms with Crippen LogP contribution in [-0.4, -0.2) is 9.38 Å². The minimum atomic E-state index is 0.0529. The van der Waals surface area contributed by atoms with Crippen molar-refractivity contribution in [2.24, 2.45) is 5.84 Å². The fourth-order valence-electron chi connectivity index (χ4n) is 2.34. The predicted molar refractivity (Wildman–Crippen MR) is 85.7 cm³/mol. The topological polar surface area (TPSA) is 55.3 Å². The number of imidazole rings is 1. The van der Waals surface area contributed by atoms with Crippen molar-refractivity contribution in [3.05, 3.63) is 57.3 Å². The smallest absolute Gasteiger partial charge is 0.193 e. The number of hydrazine groups is 1. The van der Waals surface area contributed by atoms with E-state index < -0.39 is 0 Å². The summed E-state index contributed by atoms with van der Waals surface area (Å²) in [6.07, 6.45) is 4.84. The second-order valence-electron chi connectivity index (χ2n) is 4.70. The van der Waals surface area contributed by atoms with Gasteiger partial charge in [0.15, 0.2) is 4.96 Å². The van der Waals surface area contributed by atoms with Gasteiger partial charge in [0.1, 0.15) is 0 Å². The number of hydrogen-bond donors (Lipinski definition) is 2. The van der Waals surface area contributed by atoms with Gasteiger partial charge in [0, 0.05) is 28.7 Å². The molecular weight excluding hydrogens is 336 g/mol. The first kappa shape index (κ1) is 13.8. The summed E-state index contributed by atoms with van der Waals surface area (Å²) in [6.45, 7) is 2.09. The molecular formula is C14H15BrN4S. The highest BCUT2D eigenvalue weighted by atomic mass is 79.9. The van der Waals surface area contributed by atoms with Gasteiger partial charge >= 0.3 is 0 Å². The maximum atomic E-state index is 5.74. The first-order valence-corrected chi connectivity index (χ1v) is 7.98. The average Bonchev–Trinajstić information content (AvgIpc) is 3.00. The van der Waals surface area contributed by atoms with Gasteiger partial charge in [-0.1, -0.05) is 28.1 Å². The molecule has 0 saturated carbocycles. The highest BCUT2D eigenvalue weighted by molar-refractivity contribution is 9.10. The monoisotopic (exact) mass is 350 g/mol. The van der Waals surface area contributed by atoms with Gasteiger partial charge in [-0.2, -0.15) is 0 Å². The van der Waals surface area contributed by atoms with Crippen LogP contribution in [0.4, 0.5) is 0 Å². The van der Waals surface area contributed by atoms with Gasteiger partial charge in [-0.3, -0.25) is 15.7 Å². The third-order valence-corrected chi connectivity index (χ3v) is 5.07. The zero-order chi connectivity index (χ0) is 14.1. The quantitative estimate of drug-likeness (QED) is 0.561. The van der Waals surface area contributed by atoms with Crippen LogP contribution >= 0.6 is 27.3 Å². The number of thiazole rings is 1. The van der Waals surface area contributed by atoms with Gasteiger partial charge in [0.2, 0.25) is 0 Å². The molecule has 1 aromatic carbocycles. The number of aromatic nitrogens is 2. The summed E-state index contributed by atoms with van der Waals surface area (Å²) in [4.78, 5) is 5.63. The van der Waals surface area contributed by atoms with E-state index in [0.29, 0.717) is 0 Å². The van der Waals surface area contributed by atoms with E-state index in [2.05, 4.69) is 45.5 Å². The molecule has 20 heavy (non-hydrogen) atoms. The first-order valence-electron chi connectivity index (χ1n) is 6.31. The minimum Gasteiger partial charge on any atom is -0.297 e. The van der Waals surface area contributed by atoms with Crippen LogP contribution < -0.4 is 11.3 Å². The van der Waals surface area contributed by atoms with Crippen LogP contribution in [0.15, 0.2) is 40.4 Å². The molecule has 0 spiro atoms. The van der Waals surface area contributed by atoms with Crippen LogP contribution in [0.2, 0.25) is 0 Å². The maximum Gasteiger partial charge on any atom is 0.193 e. The predicted octanol–water partition coefficient (Wildman–Crippen LogP) is 3.21. The molecule has 0 saturated heterocycles. The second kappa shape index (κ2) is 5.65. The average molecular weight is 351 g/mol. The summed E-state index contributed by atoms with van der Waals surface area (Å²) < 4.78 is 3.14. The van der Waals surface area contributed by atoms with Crippen LogP contribution in [0.3, 0.4) is 0 Å². The van der Waals surface area contributed by atoms with Crippen molar-refractivity contribution in [1.29, 1.82) is 0 Å². The molecule has 3 N–H and O–H groups in total. The third-order valence-electron chi connectivity index (χ3n) is 3.44. The van der Waals surface area contributed by atoms with E-state index in [4.69, 9.17) is 5.84 Å². The van der Waals surface area contributed by atoms with E-state index in [9.17, 15) is 0 Å². The summed E-state index contributed by atoms with van der Waals surface area (Å²) in [5, 5.41) is 2.03. The van der Waals surface area contributed by atoms with Crippen molar-refractivity contribution in [1.82, 2.24) is 14.8 Å². The number of halogens is 1. The Morgan fingerprint density at radius 3 is 3.10 bits per heavy atom. The largest absolute Gasteiger partial charge is 0.297 e. The number of benzene rings is 1. The Bertz CT molecular complexity index is 705. The first-order chi connectivity index (χ1) is 9.69. The lowest BCUT2D eigenvalue weighted by Crippen LogP contribution is -2.30. The Kier molecular flexibility index (Phi) is 3.89. The van der Waals surface area contributed by atoms with E-state index in [1.165, 1.54) is 11.1 Å². The highest BCUT2D eigenvalue weighted by Crippen LogP contribution is 2.26. The number of fused-ring (bicyclic) bond motifs is 1. The van der Waals surface area contributed by atoms with E-state index in [1.807, 2.05) is 28.1 Å². The molecule has 104 valence electrons. The fourth-order valence-corrected chi connectivity index (χ4v) is 3.44. The zero-order valence-corrected chi connectivity index (χ0v) is 13.4. The Hall–Kier alpha value is -1.21. The van der Waals surface area contributed by atoms with Crippen molar-refractivity contribution in [3.8, 4) is 0 Å². The van der Waals surface area contributed by atoms with Crippen LogP contribution in [0.25, 0.3) is 4.96 Å². The molecule has 3 aromatic rings. The van der Waals surface area contributed by atoms with Gasteiger partial charge in [0.25, 0.3) is 0 Å². The molecule has 0 radical (unpaired) electrons. The molecule has 1 unspecified atom stereocenters. The van der Waals surface area contributed by atoms with Crippen LogP contribution in [-0.2, 0) is 6.42 Å². The molecule has 0 fully saturated rings. The van der Waals surface area contributed by atoms with E-state index >= 15 is 0 Å². The van der Waals surface area contributed by atoms with Gasteiger partial charge in [-0.25, -0.2) is 4.98 Å². The Morgan fingerprint density at radius 2 is 2.35 bits per heavy atom. The molecule has 0 aliphatic rings. The second-order valence-corrected chi connectivity index (χ2v) is 6.43. The molecule has 6 heteroatoms. The third kappa shape index (κ3) is 2.52. The molecule has 0 aliphatic carbocycles. The molecule has 1 atom stereocenters. The molecule has 4 nitrogen and oxygen atoms in total. The summed E-state index contributed by atoms with van der Waals surface area (Å²) in [7, 11) is 0. The Labute approximate surface area is 129 Å². The van der Waals surface area contributed by atoms with Crippen molar-refractivity contribution in [2.45, 2.75) is 19.4 Å². The molecule has 0 bridgehead atoms. The number of nitrogens with zero attached hydrogens (tertiary/aromatic N) is 2. The fraction of sp³-hybridized carbons (Fsp3) is 0.214. The molecule has 2 aromatic heterocycles. The highest BCUT2D eigenvalue weighted by Gasteiger charge is 2.16. The normalized spacial score (nSPS) is 12.9. The summed E-state index contributed by atoms with van der Waals surface area (Å²) >= 11 is 5.20. The number of nitrogens with two attached hydrogens (primary N) is 1. The molecule has 2 heterocycles. The van der Waals surface area contributed by atoms with Crippen molar-refractivity contribution >= 4 is 32.2 Å². The molecule has 0 aliphatic heterocycles. The Balaban J connectivity index is 1.90. The van der Waals surface area contributed by atoms with Gasteiger partial charge in [-0.15, -0.1) is 11.3 Å². The van der Waals surface area contributed by atoms with Crippen molar-refractivity contribution in [3.63, 3.8) is 0 Å². The number of hydrogen-bond acceptors (Lipinski definition) is 4. The van der Waals surface area contributed by atoms with Crippen LogP contribution in [0.1, 0.15) is 22.9 Å². The maximum absolute atomic E-state index is 5.74. The standard InChI is InChI=1S/C14H15BrN4S/c1-9-11(3-2-4-12(9)15)13(18-16)7-10-8-19-5-6-20-14(19)17-10/h2-6,8,13,18H,7,16H2,1H3. The number of nitrogens with one attached hydrogen (secondary N) is 1. The summed E-state index contributed by atoms with van der Waals surface area (Å²) in [5.74, 6) is 5.74. The van der Waals surface area contributed by atoms with Crippen LogP contribution in [0, 0.1) is 6.92 Å². The van der Waals surface area contributed by atoms with Crippen molar-refractivity contribution < 1.29 is 0 Å². The van der Waals surface area contributed by atoms with Gasteiger partial charge in [0.05, 0.1) is 11.7 Å². The van der Waals surface area contributed by atoms with Crippen molar-refractivity contribution in [2.75, 3.05) is 0 Å². The minimum absolute atomic E-state index is 0.0529. The molecule has 0 amide bonds. The van der Waals surface area contributed by atoms with E-state index in [-0.39, 0.29) is 6.04 Å². The van der Waals surface area contributed by atoms with E-state index in [1.54, 1.807) is 11.3 Å². The summed E-state index contributed by atoms with van der Waals surface area (Å²) in [6, 6.07) is 6.22. The number of rotatable bonds is 4. The SMILES string of the molecule is Cc1c(Br)cccc1C(Cc1cn2ccsc2n1)NN. The lowest BCUT2D eigenvalue weighted by molar-refractivity contribution is 0.544. The van der Waals surface area contributed by atoms with Gasteiger partial charge in [-0.05, 0) is 24.1 Å². The van der Waals surface area contributed by atoms with E-state index in [0.717, 1.165) is 21.5 Å². The lowest BCUT2D eigenvalue weighted by atomic mass is 9.98. The Morgan fingerprint density at radius 1 is 1.50 bits per heavy atom. The molecule has 3 rings (SSSR count). The lowest BCUT2D eigenvalue weighted by Gasteiger charge is -2.18. The van der Waals surface area contributed by atoms with Gasteiger partial charge < -0.3 is 0 Å².